The summed E-state index contributed by atoms with van der Waals surface area (Å²) in [5, 5.41) is 12.8. The number of hydrogen-bond acceptors (Lipinski definition) is 10. The number of para-hydroxylation sites is 1. The molecule has 0 saturated carbocycles. The molecule has 0 bridgehead atoms. The molecule has 1 aromatic heterocycles. The van der Waals surface area contributed by atoms with Crippen LogP contribution in [0.2, 0.25) is 0 Å². The molecule has 1 saturated heterocycles. The van der Waals surface area contributed by atoms with E-state index in [1.807, 2.05) is 42.5 Å². The lowest BCUT2D eigenvalue weighted by molar-refractivity contribution is -0.384. The Morgan fingerprint density at radius 3 is 2.43 bits per heavy atom. The Morgan fingerprint density at radius 1 is 1.11 bits per heavy atom. The molecule has 0 radical (unpaired) electrons. The van der Waals surface area contributed by atoms with E-state index in [1.54, 1.807) is 19.1 Å². The fourth-order valence-electron chi connectivity index (χ4n) is 4.81. The molecule has 2 amide bonds. The maximum atomic E-state index is 13.9. The third-order valence-electron chi connectivity index (χ3n) is 6.99. The van der Waals surface area contributed by atoms with Gasteiger partial charge in [0.1, 0.15) is 12.0 Å². The lowest BCUT2D eigenvalue weighted by Gasteiger charge is -2.55. The molecule has 1 fully saturated rings. The summed E-state index contributed by atoms with van der Waals surface area (Å²) < 4.78 is 12.8. The van der Waals surface area contributed by atoms with Crippen molar-refractivity contribution in [1.29, 1.82) is 0 Å². The summed E-state index contributed by atoms with van der Waals surface area (Å²) in [6.07, 6.45) is 0.0128. The highest BCUT2D eigenvalue weighted by atomic mass is 32.2. The van der Waals surface area contributed by atoms with Crippen LogP contribution in [0.4, 0.5) is 5.69 Å². The number of likely N-dealkylation sites (tertiary alicyclic amines) is 1. The first-order chi connectivity index (χ1) is 21.1. The van der Waals surface area contributed by atoms with Gasteiger partial charge in [0.05, 0.1) is 21.6 Å². The zero-order valence-corrected chi connectivity index (χ0v) is 25.4. The zero-order valence-electron chi connectivity index (χ0n) is 23.8. The van der Waals surface area contributed by atoms with E-state index in [0.717, 1.165) is 15.8 Å². The number of ether oxygens (including phenoxy) is 2. The minimum Gasteiger partial charge on any atom is -0.459 e. The summed E-state index contributed by atoms with van der Waals surface area (Å²) in [7, 11) is 1.33. The van der Waals surface area contributed by atoms with Crippen molar-refractivity contribution in [3.8, 4) is 0 Å². The van der Waals surface area contributed by atoms with Crippen LogP contribution in [0.25, 0.3) is 10.2 Å². The summed E-state index contributed by atoms with van der Waals surface area (Å²) in [5.74, 6) is -1.83. The molecule has 0 aliphatic carbocycles. The van der Waals surface area contributed by atoms with E-state index < -0.39 is 39.8 Å². The average Bonchev–Trinajstić information content (AvgIpc) is 3.43. The number of non-ortho nitro benzene ring substituents is 1. The number of nitro benzene ring substituents is 1. The van der Waals surface area contributed by atoms with E-state index in [2.05, 4.69) is 16.9 Å². The van der Waals surface area contributed by atoms with Crippen molar-refractivity contribution in [2.75, 3.05) is 7.11 Å². The van der Waals surface area contributed by atoms with Crippen LogP contribution in [0, 0.1) is 10.1 Å². The molecular formula is C31H28N4O7S2. The van der Waals surface area contributed by atoms with Crippen LogP contribution in [-0.4, -0.2) is 56.8 Å². The largest absolute Gasteiger partial charge is 0.459 e. The predicted octanol–water partition coefficient (Wildman–Crippen LogP) is 4.85. The van der Waals surface area contributed by atoms with Gasteiger partial charge in [0.25, 0.3) is 17.3 Å². The average molecular weight is 633 g/mol. The maximum absolute atomic E-state index is 13.9. The Hall–Kier alpha value is -4.59. The summed E-state index contributed by atoms with van der Waals surface area (Å²) in [5.41, 5.74) is 0.505. The molecule has 11 nitrogen and oxygen atoms in total. The van der Waals surface area contributed by atoms with Crippen LogP contribution in [0.1, 0.15) is 18.1 Å². The van der Waals surface area contributed by atoms with Crippen LogP contribution >= 0.6 is 23.1 Å². The molecule has 226 valence electrons. The van der Waals surface area contributed by atoms with Gasteiger partial charge in [-0.15, -0.1) is 11.3 Å². The van der Waals surface area contributed by atoms with Gasteiger partial charge in [-0.1, -0.05) is 60.8 Å². The number of rotatable bonds is 12. The molecule has 1 aliphatic heterocycles. The molecule has 1 N–H and O–H groups in total. The molecule has 13 heteroatoms. The van der Waals surface area contributed by atoms with E-state index in [0.29, 0.717) is 15.5 Å². The van der Waals surface area contributed by atoms with Crippen LogP contribution in [0.3, 0.4) is 0 Å². The van der Waals surface area contributed by atoms with Gasteiger partial charge < -0.3 is 19.7 Å². The summed E-state index contributed by atoms with van der Waals surface area (Å²) in [4.78, 5) is 57.0. The van der Waals surface area contributed by atoms with E-state index >= 15 is 0 Å². The SMILES string of the molecule is C=C(C)C(C(=O)OCc1ccc([N+](=O)[O-])cc1)N1C(=O)C(NC(=O)Cc2ccccc2)(OC)C1Sc1nc2ccccc2s1. The van der Waals surface area contributed by atoms with Gasteiger partial charge in [0.2, 0.25) is 5.91 Å². The molecule has 3 unspecified atom stereocenters. The van der Waals surface area contributed by atoms with Crippen molar-refractivity contribution in [1.82, 2.24) is 15.2 Å². The number of nitro groups is 1. The Labute approximate surface area is 261 Å². The van der Waals surface area contributed by atoms with Gasteiger partial charge in [-0.2, -0.15) is 0 Å². The number of amides is 2. The predicted molar refractivity (Wildman–Crippen MR) is 166 cm³/mol. The first kappa shape index (κ1) is 30.9. The van der Waals surface area contributed by atoms with Crippen molar-refractivity contribution in [3.05, 3.63) is 112 Å². The summed E-state index contributed by atoms with van der Waals surface area (Å²) in [6, 6.07) is 21.0. The minimum absolute atomic E-state index is 0.0128. The van der Waals surface area contributed by atoms with E-state index in [9.17, 15) is 24.5 Å². The second-order valence-corrected chi connectivity index (χ2v) is 12.4. The number of hydrogen-bond donors (Lipinski definition) is 1. The van der Waals surface area contributed by atoms with Crippen molar-refractivity contribution in [3.63, 3.8) is 0 Å². The number of nitrogens with one attached hydrogen (secondary N) is 1. The topological polar surface area (TPSA) is 141 Å². The number of thiazole rings is 1. The third-order valence-corrected chi connectivity index (χ3v) is 9.44. The lowest BCUT2D eigenvalue weighted by atomic mass is 9.95. The van der Waals surface area contributed by atoms with E-state index in [4.69, 9.17) is 9.47 Å². The number of benzene rings is 3. The van der Waals surface area contributed by atoms with Crippen molar-refractivity contribution < 1.29 is 28.8 Å². The highest BCUT2D eigenvalue weighted by molar-refractivity contribution is 8.01. The Balaban J connectivity index is 1.42. The highest BCUT2D eigenvalue weighted by Gasteiger charge is 2.66. The molecule has 3 atom stereocenters. The van der Waals surface area contributed by atoms with Gasteiger partial charge in [-0.3, -0.25) is 19.7 Å². The highest BCUT2D eigenvalue weighted by Crippen LogP contribution is 2.46. The number of β-lactam (4-membered cyclic amide) rings is 1. The molecule has 0 spiro atoms. The maximum Gasteiger partial charge on any atom is 0.333 e. The van der Waals surface area contributed by atoms with Crippen LogP contribution in [0.15, 0.2) is 95.4 Å². The van der Waals surface area contributed by atoms with Crippen LogP contribution in [-0.2, 0) is 36.9 Å². The monoisotopic (exact) mass is 632 g/mol. The number of carbonyl (C=O) groups excluding carboxylic acids is 3. The third kappa shape index (κ3) is 6.20. The Bertz CT molecular complexity index is 1690. The standard InChI is InChI=1S/C31H28N4O7S2/c1-19(2)26(27(37)42-18-21-13-15-22(16-14-21)35(39)40)34-28(38)31(41-3,33-25(36)17-20-9-5-4-6-10-20)29(34)44-30-32-23-11-7-8-12-24(23)43-30/h4-16,26,29H,1,17-18H2,2-3H3,(H,33,36). The van der Waals surface area contributed by atoms with Gasteiger partial charge in [-0.25, -0.2) is 9.78 Å². The van der Waals surface area contributed by atoms with Gasteiger partial charge >= 0.3 is 5.97 Å². The summed E-state index contributed by atoms with van der Waals surface area (Å²) in [6.45, 7) is 5.37. The van der Waals surface area contributed by atoms with Gasteiger partial charge in [0.15, 0.2) is 10.4 Å². The van der Waals surface area contributed by atoms with Gasteiger partial charge in [-0.05, 0) is 47.9 Å². The first-order valence-corrected chi connectivity index (χ1v) is 15.1. The number of thioether (sulfide) groups is 1. The lowest BCUT2D eigenvalue weighted by Crippen LogP contribution is -2.82. The van der Waals surface area contributed by atoms with E-state index in [1.165, 1.54) is 59.4 Å². The summed E-state index contributed by atoms with van der Waals surface area (Å²) >= 11 is 2.60. The second kappa shape index (κ2) is 13.0. The van der Waals surface area contributed by atoms with Crippen molar-refractivity contribution >= 4 is 56.8 Å². The number of fused-ring (bicyclic) bond motifs is 1. The molecule has 4 aromatic rings. The zero-order chi connectivity index (χ0) is 31.4. The number of methoxy groups -OCH3 is 1. The fraction of sp³-hybridized carbons (Fsp3) is 0.226. The first-order valence-electron chi connectivity index (χ1n) is 13.4. The number of nitrogens with zero attached hydrogens (tertiary/aromatic N) is 3. The molecular weight excluding hydrogens is 604 g/mol. The minimum atomic E-state index is -1.79. The van der Waals surface area contributed by atoms with Crippen molar-refractivity contribution in [2.45, 2.75) is 41.4 Å². The molecule has 1 aliphatic rings. The molecule has 5 rings (SSSR count). The second-order valence-electron chi connectivity index (χ2n) is 10.1. The smallest absolute Gasteiger partial charge is 0.333 e. The van der Waals surface area contributed by atoms with Gasteiger partial charge in [0, 0.05) is 19.2 Å². The number of aromatic nitrogens is 1. The van der Waals surface area contributed by atoms with E-state index in [-0.39, 0.29) is 18.7 Å². The van der Waals surface area contributed by atoms with Crippen LogP contribution in [0.5, 0.6) is 0 Å². The molecule has 2 heterocycles. The molecule has 3 aromatic carbocycles. The van der Waals surface area contributed by atoms with Crippen LogP contribution < -0.4 is 5.32 Å². The normalized spacial score (nSPS) is 18.4. The molecule has 44 heavy (non-hydrogen) atoms. The number of carbonyl (C=O) groups is 3. The quantitative estimate of drug-likeness (QED) is 0.0579. The fourth-order valence-corrected chi connectivity index (χ4v) is 7.34. The number of esters is 1. The Kier molecular flexibility index (Phi) is 9.09. The Morgan fingerprint density at radius 2 is 1.80 bits per heavy atom. The van der Waals surface area contributed by atoms with Crippen molar-refractivity contribution in [2.24, 2.45) is 0 Å².